The molecule has 5 nitrogen and oxygen atoms in total. The quantitative estimate of drug-likeness (QED) is 0.874. The lowest BCUT2D eigenvalue weighted by molar-refractivity contribution is -0.116. The Morgan fingerprint density at radius 2 is 2.37 bits per heavy atom. The summed E-state index contributed by atoms with van der Waals surface area (Å²) >= 11 is 0. The second kappa shape index (κ2) is 5.74. The maximum absolute atomic E-state index is 11.9. The number of anilines is 1. The molecule has 1 saturated heterocycles. The molecule has 2 N–H and O–H groups in total. The van der Waals surface area contributed by atoms with Crippen LogP contribution in [0.1, 0.15) is 40.0 Å². The van der Waals surface area contributed by atoms with Crippen molar-refractivity contribution in [1.29, 1.82) is 0 Å². The maximum Gasteiger partial charge on any atom is 0.224 e. The van der Waals surface area contributed by atoms with Gasteiger partial charge < -0.3 is 10.6 Å². The van der Waals surface area contributed by atoms with Crippen molar-refractivity contribution in [2.24, 2.45) is 5.92 Å². The molecule has 0 saturated carbocycles. The molecule has 1 amide bonds. The highest BCUT2D eigenvalue weighted by Gasteiger charge is 2.17. The number of rotatable bonds is 4. The van der Waals surface area contributed by atoms with Crippen LogP contribution in [0.25, 0.3) is 0 Å². The van der Waals surface area contributed by atoms with Crippen LogP contribution in [0.4, 0.5) is 5.69 Å². The van der Waals surface area contributed by atoms with Crippen LogP contribution in [0.15, 0.2) is 12.4 Å². The van der Waals surface area contributed by atoms with Crippen molar-refractivity contribution in [2.75, 3.05) is 18.4 Å². The van der Waals surface area contributed by atoms with Crippen molar-refractivity contribution in [3.8, 4) is 0 Å². The number of hydrogen-bond donors (Lipinski definition) is 2. The van der Waals surface area contributed by atoms with Gasteiger partial charge in [-0.15, -0.1) is 0 Å². The molecule has 19 heavy (non-hydrogen) atoms. The van der Waals surface area contributed by atoms with Crippen molar-refractivity contribution >= 4 is 11.6 Å². The summed E-state index contributed by atoms with van der Waals surface area (Å²) in [5, 5.41) is 10.5. The summed E-state index contributed by atoms with van der Waals surface area (Å²) in [5.74, 6) is 0.739. The van der Waals surface area contributed by atoms with Gasteiger partial charge in [-0.05, 0) is 52.6 Å². The fraction of sp³-hybridized carbons (Fsp3) is 0.714. The van der Waals surface area contributed by atoms with Crippen molar-refractivity contribution < 1.29 is 4.79 Å². The lowest BCUT2D eigenvalue weighted by Gasteiger charge is -2.18. The molecule has 1 fully saturated rings. The average molecular weight is 264 g/mol. The molecule has 0 aliphatic carbocycles. The molecule has 0 spiro atoms. The first kappa shape index (κ1) is 14.1. The van der Waals surface area contributed by atoms with Crippen LogP contribution in [0, 0.1) is 5.92 Å². The molecular formula is C14H24N4O. The Morgan fingerprint density at radius 1 is 1.58 bits per heavy atom. The van der Waals surface area contributed by atoms with Crippen LogP contribution in [0.2, 0.25) is 0 Å². The molecule has 5 heteroatoms. The number of aromatic nitrogens is 2. The molecule has 1 aliphatic rings. The third-order valence-electron chi connectivity index (χ3n) is 3.50. The fourth-order valence-electron chi connectivity index (χ4n) is 2.27. The summed E-state index contributed by atoms with van der Waals surface area (Å²) in [4.78, 5) is 11.9. The number of carbonyl (C=O) groups is 1. The van der Waals surface area contributed by atoms with Gasteiger partial charge in [-0.1, -0.05) is 0 Å². The molecule has 2 rings (SSSR count). The highest BCUT2D eigenvalue weighted by atomic mass is 16.1. The van der Waals surface area contributed by atoms with Gasteiger partial charge in [0.15, 0.2) is 0 Å². The number of nitrogens with one attached hydrogen (secondary N) is 2. The van der Waals surface area contributed by atoms with Gasteiger partial charge in [-0.2, -0.15) is 5.10 Å². The van der Waals surface area contributed by atoms with E-state index in [1.165, 1.54) is 6.42 Å². The Hall–Kier alpha value is -1.36. The van der Waals surface area contributed by atoms with Gasteiger partial charge in [0, 0.05) is 12.6 Å². The highest BCUT2D eigenvalue weighted by Crippen LogP contribution is 2.17. The van der Waals surface area contributed by atoms with Gasteiger partial charge in [0.25, 0.3) is 0 Å². The van der Waals surface area contributed by atoms with Crippen molar-refractivity contribution in [2.45, 2.75) is 45.6 Å². The van der Waals surface area contributed by atoms with Crippen LogP contribution < -0.4 is 10.6 Å². The van der Waals surface area contributed by atoms with Crippen LogP contribution in [0.3, 0.4) is 0 Å². The van der Waals surface area contributed by atoms with E-state index in [9.17, 15) is 4.79 Å². The van der Waals surface area contributed by atoms with Crippen molar-refractivity contribution in [3.05, 3.63) is 12.4 Å². The van der Waals surface area contributed by atoms with E-state index in [1.807, 2.05) is 10.9 Å². The van der Waals surface area contributed by atoms with E-state index in [4.69, 9.17) is 0 Å². The van der Waals surface area contributed by atoms with E-state index in [0.717, 1.165) is 25.2 Å². The summed E-state index contributed by atoms with van der Waals surface area (Å²) < 4.78 is 1.86. The van der Waals surface area contributed by atoms with Gasteiger partial charge in [0.2, 0.25) is 5.91 Å². The van der Waals surface area contributed by atoms with E-state index in [0.29, 0.717) is 12.3 Å². The normalized spacial score (nSPS) is 19.6. The second-order valence-electron chi connectivity index (χ2n) is 6.29. The first-order valence-corrected chi connectivity index (χ1v) is 7.01. The Balaban J connectivity index is 1.80. The average Bonchev–Trinajstić information content (AvgIpc) is 2.95. The van der Waals surface area contributed by atoms with Crippen LogP contribution in [-0.4, -0.2) is 28.8 Å². The molecule has 0 radical (unpaired) electrons. The largest absolute Gasteiger partial charge is 0.323 e. The lowest BCUT2D eigenvalue weighted by atomic mass is 10.0. The highest BCUT2D eigenvalue weighted by molar-refractivity contribution is 5.90. The predicted molar refractivity (Wildman–Crippen MR) is 76.1 cm³/mol. The topological polar surface area (TPSA) is 59.0 Å². The molecule has 1 atom stereocenters. The Bertz CT molecular complexity index is 427. The monoisotopic (exact) mass is 264 g/mol. The summed E-state index contributed by atoms with van der Waals surface area (Å²) in [6, 6.07) is 0. The Labute approximate surface area is 114 Å². The van der Waals surface area contributed by atoms with Gasteiger partial charge in [0.1, 0.15) is 0 Å². The standard InChI is InChI=1S/C14H24N4O/c1-14(2,3)18-10-12(9-16-18)17-13(19)5-4-11-6-7-15-8-11/h9-11,15H,4-8H2,1-3H3,(H,17,19). The molecule has 106 valence electrons. The first-order chi connectivity index (χ1) is 8.95. The zero-order valence-corrected chi connectivity index (χ0v) is 12.1. The number of nitrogens with zero attached hydrogens (tertiary/aromatic N) is 2. The smallest absolute Gasteiger partial charge is 0.224 e. The molecular weight excluding hydrogens is 240 g/mol. The Morgan fingerprint density at radius 3 is 2.95 bits per heavy atom. The first-order valence-electron chi connectivity index (χ1n) is 7.01. The Kier molecular flexibility index (Phi) is 4.24. The predicted octanol–water partition coefficient (Wildman–Crippen LogP) is 1.97. The van der Waals surface area contributed by atoms with Gasteiger partial charge in [-0.25, -0.2) is 0 Å². The fourth-order valence-corrected chi connectivity index (χ4v) is 2.27. The third-order valence-corrected chi connectivity index (χ3v) is 3.50. The summed E-state index contributed by atoms with van der Waals surface area (Å²) in [6.07, 6.45) is 6.34. The van der Waals surface area contributed by atoms with E-state index >= 15 is 0 Å². The SMILES string of the molecule is CC(C)(C)n1cc(NC(=O)CCC2CCNC2)cn1. The van der Waals surface area contributed by atoms with E-state index in [1.54, 1.807) is 6.20 Å². The van der Waals surface area contributed by atoms with E-state index in [2.05, 4.69) is 36.5 Å². The van der Waals surface area contributed by atoms with E-state index < -0.39 is 0 Å². The maximum atomic E-state index is 11.9. The van der Waals surface area contributed by atoms with Crippen molar-refractivity contribution in [1.82, 2.24) is 15.1 Å². The van der Waals surface area contributed by atoms with Gasteiger partial charge >= 0.3 is 0 Å². The number of hydrogen-bond acceptors (Lipinski definition) is 3. The van der Waals surface area contributed by atoms with Gasteiger partial charge in [0.05, 0.1) is 17.4 Å². The molecule has 1 aliphatic heterocycles. The van der Waals surface area contributed by atoms with Crippen LogP contribution in [-0.2, 0) is 10.3 Å². The molecule has 1 unspecified atom stereocenters. The lowest BCUT2D eigenvalue weighted by Crippen LogP contribution is -2.22. The molecule has 1 aromatic heterocycles. The third kappa shape index (κ3) is 4.06. The molecule has 1 aromatic rings. The van der Waals surface area contributed by atoms with Crippen LogP contribution in [0.5, 0.6) is 0 Å². The van der Waals surface area contributed by atoms with Crippen LogP contribution >= 0.6 is 0 Å². The van der Waals surface area contributed by atoms with E-state index in [-0.39, 0.29) is 11.4 Å². The number of carbonyl (C=O) groups excluding carboxylic acids is 1. The second-order valence-corrected chi connectivity index (χ2v) is 6.29. The minimum atomic E-state index is -0.0570. The molecule has 0 bridgehead atoms. The summed E-state index contributed by atoms with van der Waals surface area (Å²) in [7, 11) is 0. The minimum Gasteiger partial charge on any atom is -0.323 e. The minimum absolute atomic E-state index is 0.0570. The summed E-state index contributed by atoms with van der Waals surface area (Å²) in [5.41, 5.74) is 0.725. The summed E-state index contributed by atoms with van der Waals surface area (Å²) in [6.45, 7) is 8.38. The molecule has 2 heterocycles. The van der Waals surface area contributed by atoms with Crippen molar-refractivity contribution in [3.63, 3.8) is 0 Å². The molecule has 0 aromatic carbocycles. The number of amides is 1. The zero-order valence-electron chi connectivity index (χ0n) is 12.1. The van der Waals surface area contributed by atoms with Gasteiger partial charge in [-0.3, -0.25) is 9.48 Å². The zero-order chi connectivity index (χ0) is 13.9.